The Kier molecular flexibility index (Phi) is 2.97. The molecule has 1 aromatic heterocycles. The SMILES string of the molecule is N[C@@H]1CCCN(c2cc3c(nn2)CCCC3)C1. The van der Waals surface area contributed by atoms with Gasteiger partial charge in [-0.15, -0.1) is 5.10 Å². The lowest BCUT2D eigenvalue weighted by molar-refractivity contribution is 0.500. The van der Waals surface area contributed by atoms with Crippen molar-refractivity contribution in [3.05, 3.63) is 17.3 Å². The lowest BCUT2D eigenvalue weighted by atomic mass is 9.96. The normalized spacial score (nSPS) is 24.5. The minimum absolute atomic E-state index is 0.293. The van der Waals surface area contributed by atoms with Crippen molar-refractivity contribution < 1.29 is 0 Å². The van der Waals surface area contributed by atoms with E-state index in [4.69, 9.17) is 5.73 Å². The lowest BCUT2D eigenvalue weighted by Gasteiger charge is -2.31. The van der Waals surface area contributed by atoms with Crippen LogP contribution in [0.2, 0.25) is 0 Å². The molecule has 92 valence electrons. The van der Waals surface area contributed by atoms with Crippen molar-refractivity contribution in [3.63, 3.8) is 0 Å². The minimum Gasteiger partial charge on any atom is -0.354 e. The molecule has 0 spiro atoms. The van der Waals surface area contributed by atoms with E-state index in [0.717, 1.165) is 38.2 Å². The lowest BCUT2D eigenvalue weighted by Crippen LogP contribution is -2.43. The van der Waals surface area contributed by atoms with Crippen LogP contribution in [0.15, 0.2) is 6.07 Å². The summed E-state index contributed by atoms with van der Waals surface area (Å²) in [6.07, 6.45) is 7.11. The first-order valence-corrected chi connectivity index (χ1v) is 6.69. The van der Waals surface area contributed by atoms with Crippen molar-refractivity contribution in [1.82, 2.24) is 10.2 Å². The van der Waals surface area contributed by atoms with Crippen LogP contribution in [0, 0.1) is 0 Å². The molecule has 0 aromatic carbocycles. The third-order valence-corrected chi connectivity index (χ3v) is 3.84. The molecule has 1 aromatic rings. The van der Waals surface area contributed by atoms with Crippen LogP contribution in [0.1, 0.15) is 36.9 Å². The Hall–Kier alpha value is -1.16. The van der Waals surface area contributed by atoms with Crippen LogP contribution in [0.25, 0.3) is 0 Å². The molecule has 1 atom stereocenters. The summed E-state index contributed by atoms with van der Waals surface area (Å²) < 4.78 is 0. The Morgan fingerprint density at radius 2 is 2.06 bits per heavy atom. The van der Waals surface area contributed by atoms with Gasteiger partial charge in [-0.3, -0.25) is 0 Å². The van der Waals surface area contributed by atoms with E-state index in [9.17, 15) is 0 Å². The number of nitrogens with zero attached hydrogens (tertiary/aromatic N) is 3. The average Bonchev–Trinajstić information content (AvgIpc) is 2.38. The van der Waals surface area contributed by atoms with Gasteiger partial charge in [0.05, 0.1) is 5.69 Å². The fraction of sp³-hybridized carbons (Fsp3) is 0.692. The smallest absolute Gasteiger partial charge is 0.151 e. The molecule has 1 fully saturated rings. The van der Waals surface area contributed by atoms with Crippen molar-refractivity contribution in [1.29, 1.82) is 0 Å². The molecule has 4 heteroatoms. The summed E-state index contributed by atoms with van der Waals surface area (Å²) >= 11 is 0. The van der Waals surface area contributed by atoms with Crippen molar-refractivity contribution in [2.24, 2.45) is 5.73 Å². The third kappa shape index (κ3) is 2.27. The van der Waals surface area contributed by atoms with Gasteiger partial charge in [0, 0.05) is 19.1 Å². The zero-order valence-corrected chi connectivity index (χ0v) is 10.2. The Morgan fingerprint density at radius 3 is 2.94 bits per heavy atom. The molecular formula is C13H20N4. The predicted octanol–water partition coefficient (Wildman–Crippen LogP) is 1.28. The molecule has 17 heavy (non-hydrogen) atoms. The molecule has 1 saturated heterocycles. The van der Waals surface area contributed by atoms with Gasteiger partial charge in [-0.1, -0.05) is 0 Å². The van der Waals surface area contributed by atoms with Gasteiger partial charge in [0.1, 0.15) is 0 Å². The second kappa shape index (κ2) is 4.61. The van der Waals surface area contributed by atoms with Crippen LogP contribution in [0.3, 0.4) is 0 Å². The quantitative estimate of drug-likeness (QED) is 0.792. The zero-order valence-electron chi connectivity index (χ0n) is 10.2. The minimum atomic E-state index is 0.293. The van der Waals surface area contributed by atoms with Gasteiger partial charge in [0.25, 0.3) is 0 Å². The van der Waals surface area contributed by atoms with Crippen LogP contribution in [0.4, 0.5) is 5.82 Å². The largest absolute Gasteiger partial charge is 0.354 e. The molecule has 1 aliphatic carbocycles. The maximum atomic E-state index is 6.01. The molecular weight excluding hydrogens is 212 g/mol. The maximum Gasteiger partial charge on any atom is 0.151 e. The fourth-order valence-electron chi connectivity index (χ4n) is 2.85. The topological polar surface area (TPSA) is 55.0 Å². The fourth-order valence-corrected chi connectivity index (χ4v) is 2.85. The van der Waals surface area contributed by atoms with E-state index >= 15 is 0 Å². The number of aryl methyl sites for hydroxylation is 2. The Bertz CT molecular complexity index is 404. The Morgan fingerprint density at radius 1 is 1.18 bits per heavy atom. The van der Waals surface area contributed by atoms with E-state index in [1.54, 1.807) is 0 Å². The number of fused-ring (bicyclic) bond motifs is 1. The molecule has 0 unspecified atom stereocenters. The highest BCUT2D eigenvalue weighted by Crippen LogP contribution is 2.23. The summed E-state index contributed by atoms with van der Waals surface area (Å²) in [5.74, 6) is 1.03. The number of hydrogen-bond donors (Lipinski definition) is 1. The van der Waals surface area contributed by atoms with E-state index in [-0.39, 0.29) is 0 Å². The molecule has 0 bridgehead atoms. The molecule has 0 amide bonds. The van der Waals surface area contributed by atoms with Crippen molar-refractivity contribution >= 4 is 5.82 Å². The third-order valence-electron chi connectivity index (χ3n) is 3.84. The Balaban J connectivity index is 1.83. The van der Waals surface area contributed by atoms with E-state index in [0.29, 0.717) is 6.04 Å². The molecule has 1 aliphatic heterocycles. The molecule has 0 saturated carbocycles. The first-order chi connectivity index (χ1) is 8.33. The number of nitrogens with two attached hydrogens (primary N) is 1. The van der Waals surface area contributed by atoms with E-state index in [2.05, 4.69) is 21.2 Å². The van der Waals surface area contributed by atoms with Crippen molar-refractivity contribution in [2.75, 3.05) is 18.0 Å². The predicted molar refractivity (Wildman–Crippen MR) is 68.1 cm³/mol. The highest BCUT2D eigenvalue weighted by atomic mass is 15.3. The van der Waals surface area contributed by atoms with Gasteiger partial charge < -0.3 is 10.6 Å². The summed E-state index contributed by atoms with van der Waals surface area (Å²) in [6, 6.07) is 2.53. The summed E-state index contributed by atoms with van der Waals surface area (Å²) in [4.78, 5) is 2.29. The first-order valence-electron chi connectivity index (χ1n) is 6.69. The second-order valence-electron chi connectivity index (χ2n) is 5.23. The van der Waals surface area contributed by atoms with Crippen LogP contribution in [0.5, 0.6) is 0 Å². The summed E-state index contributed by atoms with van der Waals surface area (Å²) in [5.41, 5.74) is 8.62. The molecule has 2 heterocycles. The standard InChI is InChI=1S/C13H20N4/c14-11-5-3-7-17(9-11)13-8-10-4-1-2-6-12(10)15-16-13/h8,11H,1-7,9,14H2/t11-/m1/s1. The number of hydrogen-bond acceptors (Lipinski definition) is 4. The van der Waals surface area contributed by atoms with Crippen molar-refractivity contribution in [3.8, 4) is 0 Å². The first kappa shape index (κ1) is 11.0. The van der Waals surface area contributed by atoms with Crippen LogP contribution >= 0.6 is 0 Å². The van der Waals surface area contributed by atoms with Crippen LogP contribution < -0.4 is 10.6 Å². The van der Waals surface area contributed by atoms with Gasteiger partial charge >= 0.3 is 0 Å². The molecule has 2 N–H and O–H groups in total. The zero-order chi connectivity index (χ0) is 11.7. The molecule has 0 radical (unpaired) electrons. The van der Waals surface area contributed by atoms with Crippen molar-refractivity contribution in [2.45, 2.75) is 44.6 Å². The average molecular weight is 232 g/mol. The van der Waals surface area contributed by atoms with E-state index in [1.165, 1.54) is 30.5 Å². The number of piperidine rings is 1. The summed E-state index contributed by atoms with van der Waals surface area (Å²) in [6.45, 7) is 1.99. The summed E-state index contributed by atoms with van der Waals surface area (Å²) in [7, 11) is 0. The number of anilines is 1. The molecule has 2 aliphatic rings. The number of aromatic nitrogens is 2. The number of rotatable bonds is 1. The molecule has 4 nitrogen and oxygen atoms in total. The van der Waals surface area contributed by atoms with Gasteiger partial charge in [-0.25, -0.2) is 0 Å². The van der Waals surface area contributed by atoms with E-state index < -0.39 is 0 Å². The monoisotopic (exact) mass is 232 g/mol. The van der Waals surface area contributed by atoms with Crippen LogP contribution in [-0.2, 0) is 12.8 Å². The van der Waals surface area contributed by atoms with E-state index in [1.807, 2.05) is 0 Å². The van der Waals surface area contributed by atoms with Gasteiger partial charge in [-0.2, -0.15) is 5.10 Å². The van der Waals surface area contributed by atoms with Gasteiger partial charge in [0.15, 0.2) is 5.82 Å². The second-order valence-corrected chi connectivity index (χ2v) is 5.23. The molecule has 3 rings (SSSR count). The summed E-state index contributed by atoms with van der Waals surface area (Å²) in [5, 5.41) is 8.76. The highest BCUT2D eigenvalue weighted by Gasteiger charge is 2.20. The Labute approximate surface area is 102 Å². The van der Waals surface area contributed by atoms with Gasteiger partial charge in [-0.05, 0) is 50.2 Å². The highest BCUT2D eigenvalue weighted by molar-refractivity contribution is 5.42. The van der Waals surface area contributed by atoms with Gasteiger partial charge in [0.2, 0.25) is 0 Å². The maximum absolute atomic E-state index is 6.01. The van der Waals surface area contributed by atoms with Crippen LogP contribution in [-0.4, -0.2) is 29.3 Å².